The number of halogens is 2. The van der Waals surface area contributed by atoms with Crippen molar-refractivity contribution < 1.29 is 9.53 Å². The molecule has 0 aliphatic carbocycles. The molecule has 1 heterocycles. The molecule has 3 aromatic carbocycles. The molecule has 0 spiro atoms. The first-order valence-corrected chi connectivity index (χ1v) is 10.1. The predicted molar refractivity (Wildman–Crippen MR) is 120 cm³/mol. The van der Waals surface area contributed by atoms with Crippen LogP contribution in [-0.4, -0.2) is 27.0 Å². The minimum Gasteiger partial charge on any atom is -0.402 e. The van der Waals surface area contributed by atoms with Crippen LogP contribution in [0.15, 0.2) is 84.0 Å². The van der Waals surface area contributed by atoms with Gasteiger partial charge in [-0.15, -0.1) is 15.0 Å². The first-order chi connectivity index (χ1) is 15.0. The summed E-state index contributed by atoms with van der Waals surface area (Å²) < 4.78 is 5.64. The first kappa shape index (κ1) is 20.8. The summed E-state index contributed by atoms with van der Waals surface area (Å²) in [6.45, 7) is 1.84. The highest BCUT2D eigenvalue weighted by Gasteiger charge is 2.17. The average molecular weight is 451 g/mol. The second-order valence-corrected chi connectivity index (χ2v) is 7.46. The molecule has 0 radical (unpaired) electrons. The van der Waals surface area contributed by atoms with Gasteiger partial charge in [-0.2, -0.15) is 0 Å². The maximum Gasteiger partial charge on any atom is 0.344 e. The van der Waals surface area contributed by atoms with E-state index in [1.807, 2.05) is 37.3 Å². The van der Waals surface area contributed by atoms with Gasteiger partial charge in [-0.1, -0.05) is 53.5 Å². The lowest BCUT2D eigenvalue weighted by Gasteiger charge is -2.09. The van der Waals surface area contributed by atoms with Gasteiger partial charge in [0.25, 0.3) is 0 Å². The van der Waals surface area contributed by atoms with Crippen LogP contribution in [0.2, 0.25) is 10.0 Å². The monoisotopic (exact) mass is 450 g/mol. The Balaban J connectivity index is 1.77. The Bertz CT molecular complexity index is 1240. The number of nitrogens with zero attached hydrogens (tertiary/aromatic N) is 4. The Morgan fingerprint density at radius 1 is 0.871 bits per heavy atom. The predicted octanol–water partition coefficient (Wildman–Crippen LogP) is 5.63. The van der Waals surface area contributed by atoms with Crippen LogP contribution in [0.5, 0.6) is 0 Å². The number of aryl methyl sites for hydroxylation is 1. The van der Waals surface area contributed by atoms with Crippen molar-refractivity contribution >= 4 is 35.1 Å². The number of carbonyl (C=O) groups is 1. The fraction of sp³-hybridized carbons (Fsp3) is 0.0435. The van der Waals surface area contributed by atoms with E-state index in [1.165, 1.54) is 4.79 Å². The van der Waals surface area contributed by atoms with Crippen LogP contribution in [0.3, 0.4) is 0 Å². The fourth-order valence-corrected chi connectivity index (χ4v) is 3.14. The lowest BCUT2D eigenvalue weighted by Crippen LogP contribution is -2.16. The molecular formula is C23H16Cl2N4O2. The second-order valence-electron chi connectivity index (χ2n) is 6.59. The van der Waals surface area contributed by atoms with Crippen LogP contribution in [0.4, 0.5) is 0 Å². The Kier molecular flexibility index (Phi) is 6.11. The van der Waals surface area contributed by atoms with Gasteiger partial charge in [-0.05, 0) is 60.7 Å². The first-order valence-electron chi connectivity index (χ1n) is 9.31. The van der Waals surface area contributed by atoms with E-state index >= 15 is 0 Å². The maximum atomic E-state index is 12.7. The van der Waals surface area contributed by atoms with Gasteiger partial charge in [-0.3, -0.25) is 0 Å². The van der Waals surface area contributed by atoms with Crippen molar-refractivity contribution in [2.24, 2.45) is 5.10 Å². The van der Waals surface area contributed by atoms with E-state index in [1.54, 1.807) is 48.5 Å². The lowest BCUT2D eigenvalue weighted by atomic mass is 10.1. The van der Waals surface area contributed by atoms with Crippen molar-refractivity contribution in [1.82, 2.24) is 15.1 Å². The van der Waals surface area contributed by atoms with Crippen LogP contribution in [0.25, 0.3) is 11.3 Å². The molecule has 0 aliphatic heterocycles. The maximum absolute atomic E-state index is 12.7. The SMILES string of the molecule is Cc1nnn(/N=C(/OC(=O)c2ccc(Cl)cc2)c2ccc(Cl)cc2)c1-c1ccccc1. The molecule has 4 rings (SSSR count). The molecule has 0 atom stereocenters. The summed E-state index contributed by atoms with van der Waals surface area (Å²) in [6.07, 6.45) is 0. The quantitative estimate of drug-likeness (QED) is 0.229. The van der Waals surface area contributed by atoms with Gasteiger partial charge in [0.05, 0.1) is 11.3 Å². The van der Waals surface area contributed by atoms with Crippen molar-refractivity contribution in [1.29, 1.82) is 0 Å². The molecule has 0 N–H and O–H groups in total. The number of esters is 1. The Labute approximate surface area is 188 Å². The van der Waals surface area contributed by atoms with E-state index in [0.717, 1.165) is 5.56 Å². The van der Waals surface area contributed by atoms with Crippen LogP contribution in [0.1, 0.15) is 21.6 Å². The van der Waals surface area contributed by atoms with Gasteiger partial charge >= 0.3 is 5.97 Å². The van der Waals surface area contributed by atoms with Crippen molar-refractivity contribution in [2.45, 2.75) is 6.92 Å². The summed E-state index contributed by atoms with van der Waals surface area (Å²) in [5, 5.41) is 13.8. The number of ether oxygens (including phenoxy) is 1. The number of hydrogen-bond acceptors (Lipinski definition) is 5. The Morgan fingerprint density at radius 3 is 2.06 bits per heavy atom. The van der Waals surface area contributed by atoms with Gasteiger partial charge in [0.15, 0.2) is 0 Å². The summed E-state index contributed by atoms with van der Waals surface area (Å²) in [4.78, 5) is 14.1. The lowest BCUT2D eigenvalue weighted by molar-refractivity contribution is 0.0716. The third kappa shape index (κ3) is 4.82. The molecule has 4 aromatic rings. The van der Waals surface area contributed by atoms with Crippen LogP contribution in [-0.2, 0) is 4.74 Å². The number of rotatable bonds is 4. The zero-order valence-electron chi connectivity index (χ0n) is 16.4. The Morgan fingerprint density at radius 2 is 1.45 bits per heavy atom. The highest BCUT2D eigenvalue weighted by atomic mass is 35.5. The standard InChI is InChI=1S/C23H16Cl2N4O2/c1-15-21(16-5-3-2-4-6-16)29(28-26-15)27-22(17-7-11-19(24)12-8-17)31-23(30)18-9-13-20(25)14-10-18/h2-14H,1H3/b27-22+. The number of hydrogen-bond donors (Lipinski definition) is 0. The van der Waals surface area contributed by atoms with Gasteiger partial charge in [0, 0.05) is 21.2 Å². The number of carbonyl (C=O) groups excluding carboxylic acids is 1. The highest BCUT2D eigenvalue weighted by Crippen LogP contribution is 2.22. The second kappa shape index (κ2) is 9.12. The minimum absolute atomic E-state index is 0.0543. The van der Waals surface area contributed by atoms with Gasteiger partial charge in [-0.25, -0.2) is 4.79 Å². The minimum atomic E-state index is -0.580. The highest BCUT2D eigenvalue weighted by molar-refractivity contribution is 6.31. The molecule has 0 aliphatic rings. The molecule has 0 saturated heterocycles. The molecular weight excluding hydrogens is 435 g/mol. The van der Waals surface area contributed by atoms with Crippen molar-refractivity contribution in [3.05, 3.63) is 106 Å². The van der Waals surface area contributed by atoms with E-state index in [4.69, 9.17) is 27.9 Å². The van der Waals surface area contributed by atoms with Gasteiger partial charge in [0.2, 0.25) is 5.90 Å². The zero-order chi connectivity index (χ0) is 21.8. The molecule has 154 valence electrons. The zero-order valence-corrected chi connectivity index (χ0v) is 17.9. The molecule has 8 heteroatoms. The molecule has 0 saturated carbocycles. The van der Waals surface area contributed by atoms with Crippen LogP contribution >= 0.6 is 23.2 Å². The molecule has 0 unspecified atom stereocenters. The summed E-state index contributed by atoms with van der Waals surface area (Å²) in [6, 6.07) is 22.8. The van der Waals surface area contributed by atoms with E-state index < -0.39 is 5.97 Å². The van der Waals surface area contributed by atoms with Crippen LogP contribution < -0.4 is 0 Å². The third-order valence-corrected chi connectivity index (χ3v) is 4.92. The summed E-state index contributed by atoms with van der Waals surface area (Å²) in [5.41, 5.74) is 3.15. The molecule has 31 heavy (non-hydrogen) atoms. The van der Waals surface area contributed by atoms with Crippen molar-refractivity contribution in [3.63, 3.8) is 0 Å². The molecule has 0 amide bonds. The van der Waals surface area contributed by atoms with E-state index in [9.17, 15) is 4.79 Å². The molecule has 0 bridgehead atoms. The van der Waals surface area contributed by atoms with Gasteiger partial charge in [0.1, 0.15) is 5.69 Å². The molecule has 1 aromatic heterocycles. The van der Waals surface area contributed by atoms with E-state index in [0.29, 0.717) is 32.6 Å². The van der Waals surface area contributed by atoms with E-state index in [2.05, 4.69) is 15.4 Å². The summed E-state index contributed by atoms with van der Waals surface area (Å²) in [7, 11) is 0. The Hall–Kier alpha value is -3.48. The topological polar surface area (TPSA) is 69.4 Å². The molecule has 6 nitrogen and oxygen atoms in total. The number of aromatic nitrogens is 3. The van der Waals surface area contributed by atoms with E-state index in [-0.39, 0.29) is 5.90 Å². The fourth-order valence-electron chi connectivity index (χ4n) is 2.88. The summed E-state index contributed by atoms with van der Waals surface area (Å²) >= 11 is 11.9. The normalized spacial score (nSPS) is 11.4. The van der Waals surface area contributed by atoms with Crippen molar-refractivity contribution in [3.8, 4) is 11.3 Å². The average Bonchev–Trinajstić information content (AvgIpc) is 3.14. The smallest absolute Gasteiger partial charge is 0.344 e. The number of benzene rings is 3. The van der Waals surface area contributed by atoms with Crippen molar-refractivity contribution in [2.75, 3.05) is 0 Å². The largest absolute Gasteiger partial charge is 0.402 e. The third-order valence-electron chi connectivity index (χ3n) is 4.42. The van der Waals surface area contributed by atoms with Gasteiger partial charge < -0.3 is 4.74 Å². The molecule has 0 fully saturated rings. The summed E-state index contributed by atoms with van der Waals surface area (Å²) in [5.74, 6) is -0.526. The van der Waals surface area contributed by atoms with Crippen LogP contribution in [0, 0.1) is 6.92 Å².